The van der Waals surface area contributed by atoms with Crippen LogP contribution < -0.4 is 10.6 Å². The predicted molar refractivity (Wildman–Crippen MR) is 76.4 cm³/mol. The Morgan fingerprint density at radius 1 is 1.32 bits per heavy atom. The van der Waals surface area contributed by atoms with Crippen molar-refractivity contribution < 1.29 is 0 Å². The van der Waals surface area contributed by atoms with Gasteiger partial charge in [0, 0.05) is 31.5 Å². The quantitative estimate of drug-likeness (QED) is 0.892. The van der Waals surface area contributed by atoms with Gasteiger partial charge in [-0.1, -0.05) is 0 Å². The molecule has 19 heavy (non-hydrogen) atoms. The summed E-state index contributed by atoms with van der Waals surface area (Å²) in [5.41, 5.74) is 8.08. The van der Waals surface area contributed by atoms with Crippen molar-refractivity contribution in [1.82, 2.24) is 14.6 Å². The largest absolute Gasteiger partial charge is 0.355 e. The van der Waals surface area contributed by atoms with Gasteiger partial charge in [-0.3, -0.25) is 0 Å². The lowest BCUT2D eigenvalue weighted by molar-refractivity contribution is 0.384. The van der Waals surface area contributed by atoms with E-state index in [0.29, 0.717) is 12.1 Å². The van der Waals surface area contributed by atoms with Gasteiger partial charge in [0.2, 0.25) is 0 Å². The summed E-state index contributed by atoms with van der Waals surface area (Å²) in [7, 11) is 2.13. The number of fused-ring (bicyclic) bond motifs is 1. The van der Waals surface area contributed by atoms with Crippen molar-refractivity contribution in [1.29, 1.82) is 0 Å². The Hall–Kier alpha value is -1.62. The summed E-state index contributed by atoms with van der Waals surface area (Å²) >= 11 is 0. The van der Waals surface area contributed by atoms with E-state index < -0.39 is 0 Å². The molecule has 0 unspecified atom stereocenters. The van der Waals surface area contributed by atoms with E-state index in [-0.39, 0.29) is 0 Å². The summed E-state index contributed by atoms with van der Waals surface area (Å²) in [5.74, 6) is 1.02. The van der Waals surface area contributed by atoms with E-state index in [2.05, 4.69) is 28.1 Å². The molecule has 0 aliphatic heterocycles. The Labute approximate surface area is 113 Å². The van der Waals surface area contributed by atoms with Crippen LogP contribution in [-0.4, -0.2) is 33.7 Å². The molecule has 102 valence electrons. The zero-order chi connectivity index (χ0) is 13.4. The van der Waals surface area contributed by atoms with Gasteiger partial charge in [-0.05, 0) is 38.7 Å². The van der Waals surface area contributed by atoms with Gasteiger partial charge in [-0.2, -0.15) is 5.10 Å². The fraction of sp³-hybridized carbons (Fsp3) is 0.571. The highest BCUT2D eigenvalue weighted by Crippen LogP contribution is 2.27. The standard InChI is InChI=1S/C14H21N5/c1-10-9-13-14(16-7-8-19(13)17-10)18(2)12-5-3-11(15)4-6-12/h7-9,11-12H,3-6,15H2,1-2H3. The molecule has 2 aromatic rings. The Balaban J connectivity index is 1.90. The Bertz CT molecular complexity index is 568. The topological polar surface area (TPSA) is 59.5 Å². The third-order valence-corrected chi connectivity index (χ3v) is 4.11. The number of aromatic nitrogens is 3. The fourth-order valence-electron chi connectivity index (χ4n) is 2.96. The summed E-state index contributed by atoms with van der Waals surface area (Å²) in [6, 6.07) is 3.01. The SMILES string of the molecule is Cc1cc2c(N(C)C3CCC(N)CC3)nccn2n1. The molecule has 3 rings (SSSR count). The predicted octanol–water partition coefficient (Wildman–Crippen LogP) is 1.74. The molecule has 5 nitrogen and oxygen atoms in total. The summed E-state index contributed by atoms with van der Waals surface area (Å²) in [4.78, 5) is 6.84. The minimum absolute atomic E-state index is 0.380. The lowest BCUT2D eigenvalue weighted by atomic mass is 9.91. The number of nitrogens with two attached hydrogens (primary N) is 1. The van der Waals surface area contributed by atoms with Crippen LogP contribution in [0.4, 0.5) is 5.82 Å². The highest BCUT2D eigenvalue weighted by Gasteiger charge is 2.24. The molecule has 0 bridgehead atoms. The van der Waals surface area contributed by atoms with E-state index in [9.17, 15) is 0 Å². The summed E-state index contributed by atoms with van der Waals surface area (Å²) in [6.45, 7) is 2.01. The van der Waals surface area contributed by atoms with Crippen LogP contribution in [0.15, 0.2) is 18.5 Å². The van der Waals surface area contributed by atoms with Gasteiger partial charge in [0.25, 0.3) is 0 Å². The maximum atomic E-state index is 5.98. The molecule has 2 aromatic heterocycles. The number of hydrogen-bond acceptors (Lipinski definition) is 4. The summed E-state index contributed by atoms with van der Waals surface area (Å²) in [6.07, 6.45) is 8.23. The van der Waals surface area contributed by atoms with Crippen LogP contribution in [0.2, 0.25) is 0 Å². The number of nitrogens with zero attached hydrogens (tertiary/aromatic N) is 4. The van der Waals surface area contributed by atoms with Gasteiger partial charge < -0.3 is 10.6 Å². The average molecular weight is 259 g/mol. The van der Waals surface area contributed by atoms with Gasteiger partial charge in [-0.25, -0.2) is 9.50 Å². The van der Waals surface area contributed by atoms with E-state index in [0.717, 1.165) is 42.7 Å². The van der Waals surface area contributed by atoms with Gasteiger partial charge >= 0.3 is 0 Å². The normalized spacial score (nSPS) is 23.7. The molecule has 1 fully saturated rings. The van der Waals surface area contributed by atoms with Crippen molar-refractivity contribution in [3.63, 3.8) is 0 Å². The van der Waals surface area contributed by atoms with Crippen LogP contribution >= 0.6 is 0 Å². The highest BCUT2D eigenvalue weighted by molar-refractivity contribution is 5.69. The first-order valence-corrected chi connectivity index (χ1v) is 6.94. The average Bonchev–Trinajstić information content (AvgIpc) is 2.78. The van der Waals surface area contributed by atoms with Crippen LogP contribution in [0.3, 0.4) is 0 Å². The molecule has 0 aromatic carbocycles. The third kappa shape index (κ3) is 2.30. The molecule has 5 heteroatoms. The van der Waals surface area contributed by atoms with Crippen molar-refractivity contribution in [3.05, 3.63) is 24.2 Å². The molecule has 2 N–H and O–H groups in total. The zero-order valence-electron chi connectivity index (χ0n) is 11.6. The minimum Gasteiger partial charge on any atom is -0.355 e. The van der Waals surface area contributed by atoms with Crippen molar-refractivity contribution >= 4 is 11.3 Å². The lowest BCUT2D eigenvalue weighted by Crippen LogP contribution is -2.39. The van der Waals surface area contributed by atoms with Gasteiger partial charge in [0.05, 0.1) is 5.69 Å². The van der Waals surface area contributed by atoms with Crippen LogP contribution in [0, 0.1) is 6.92 Å². The number of rotatable bonds is 2. The summed E-state index contributed by atoms with van der Waals surface area (Å²) < 4.78 is 1.91. The molecule has 0 spiro atoms. The van der Waals surface area contributed by atoms with Crippen molar-refractivity contribution in [2.75, 3.05) is 11.9 Å². The molecule has 2 heterocycles. The maximum Gasteiger partial charge on any atom is 0.154 e. The third-order valence-electron chi connectivity index (χ3n) is 4.11. The monoisotopic (exact) mass is 259 g/mol. The van der Waals surface area contributed by atoms with Crippen molar-refractivity contribution in [2.24, 2.45) is 5.73 Å². The molecular formula is C14H21N5. The lowest BCUT2D eigenvalue weighted by Gasteiger charge is -2.34. The fourth-order valence-corrected chi connectivity index (χ4v) is 2.96. The molecular weight excluding hydrogens is 238 g/mol. The molecule has 0 amide bonds. The molecule has 1 aliphatic rings. The zero-order valence-corrected chi connectivity index (χ0v) is 11.6. The van der Waals surface area contributed by atoms with Gasteiger partial charge in [-0.15, -0.1) is 0 Å². The van der Waals surface area contributed by atoms with Gasteiger partial charge in [0.1, 0.15) is 5.52 Å². The number of anilines is 1. The first-order chi connectivity index (χ1) is 9.15. The van der Waals surface area contributed by atoms with Crippen LogP contribution in [0.5, 0.6) is 0 Å². The maximum absolute atomic E-state index is 5.98. The van der Waals surface area contributed by atoms with Crippen molar-refractivity contribution in [3.8, 4) is 0 Å². The van der Waals surface area contributed by atoms with Crippen LogP contribution in [0.25, 0.3) is 5.52 Å². The van der Waals surface area contributed by atoms with Crippen LogP contribution in [0.1, 0.15) is 31.4 Å². The Kier molecular flexibility index (Phi) is 3.14. The second-order valence-corrected chi connectivity index (χ2v) is 5.55. The van der Waals surface area contributed by atoms with E-state index >= 15 is 0 Å². The van der Waals surface area contributed by atoms with E-state index in [1.807, 2.05) is 23.8 Å². The van der Waals surface area contributed by atoms with E-state index in [1.165, 1.54) is 0 Å². The minimum atomic E-state index is 0.380. The van der Waals surface area contributed by atoms with Gasteiger partial charge in [0.15, 0.2) is 5.82 Å². The smallest absolute Gasteiger partial charge is 0.154 e. The Morgan fingerprint density at radius 3 is 2.79 bits per heavy atom. The Morgan fingerprint density at radius 2 is 2.05 bits per heavy atom. The molecule has 0 saturated heterocycles. The molecule has 1 saturated carbocycles. The first kappa shape index (κ1) is 12.4. The second kappa shape index (κ2) is 4.81. The first-order valence-electron chi connectivity index (χ1n) is 6.94. The number of aryl methyl sites for hydroxylation is 1. The van der Waals surface area contributed by atoms with Crippen LogP contribution in [-0.2, 0) is 0 Å². The van der Waals surface area contributed by atoms with E-state index in [1.54, 1.807) is 0 Å². The molecule has 0 atom stereocenters. The molecule has 0 radical (unpaired) electrons. The highest BCUT2D eigenvalue weighted by atomic mass is 15.3. The summed E-state index contributed by atoms with van der Waals surface area (Å²) in [5, 5.41) is 4.44. The van der Waals surface area contributed by atoms with Crippen molar-refractivity contribution in [2.45, 2.75) is 44.7 Å². The number of hydrogen-bond donors (Lipinski definition) is 1. The van der Waals surface area contributed by atoms with E-state index in [4.69, 9.17) is 5.73 Å². The second-order valence-electron chi connectivity index (χ2n) is 5.55. The molecule has 1 aliphatic carbocycles.